The minimum atomic E-state index is 0.398. The number of hydrogen-bond donors (Lipinski definition) is 1. The van der Waals surface area contributed by atoms with Crippen LogP contribution in [0.25, 0.3) is 0 Å². The summed E-state index contributed by atoms with van der Waals surface area (Å²) in [6, 6.07) is 8.30. The SMILES string of the molecule is CCNC(=NCc1ccc(OCCCN(C)C)cc1)N1CCC(OCC)CC1. The topological polar surface area (TPSA) is 49.3 Å². The molecule has 1 heterocycles. The molecule has 0 saturated carbocycles. The number of likely N-dealkylation sites (tertiary alicyclic amines) is 1. The largest absolute Gasteiger partial charge is 0.494 e. The monoisotopic (exact) mass is 390 g/mol. The van der Waals surface area contributed by atoms with E-state index >= 15 is 0 Å². The normalized spacial score (nSPS) is 15.9. The van der Waals surface area contributed by atoms with Crippen LogP contribution in [0.4, 0.5) is 0 Å². The molecule has 0 bridgehead atoms. The highest BCUT2D eigenvalue weighted by Crippen LogP contribution is 2.15. The molecule has 1 aromatic carbocycles. The number of hydrogen-bond acceptors (Lipinski definition) is 4. The smallest absolute Gasteiger partial charge is 0.194 e. The maximum atomic E-state index is 5.81. The third kappa shape index (κ3) is 8.07. The van der Waals surface area contributed by atoms with Crippen LogP contribution in [0, 0.1) is 0 Å². The van der Waals surface area contributed by atoms with Crippen molar-refractivity contribution in [1.82, 2.24) is 15.1 Å². The maximum Gasteiger partial charge on any atom is 0.194 e. The van der Waals surface area contributed by atoms with E-state index in [1.54, 1.807) is 0 Å². The molecular formula is C22H38N4O2. The van der Waals surface area contributed by atoms with Gasteiger partial charge in [0, 0.05) is 32.8 Å². The number of benzene rings is 1. The lowest BCUT2D eigenvalue weighted by Crippen LogP contribution is -2.47. The molecule has 1 N–H and O–H groups in total. The highest BCUT2D eigenvalue weighted by atomic mass is 16.5. The van der Waals surface area contributed by atoms with Crippen molar-refractivity contribution in [2.45, 2.75) is 45.8 Å². The van der Waals surface area contributed by atoms with E-state index in [1.807, 2.05) is 12.1 Å². The first-order valence-electron chi connectivity index (χ1n) is 10.6. The third-order valence-electron chi connectivity index (χ3n) is 4.83. The van der Waals surface area contributed by atoms with Gasteiger partial charge in [-0.1, -0.05) is 12.1 Å². The van der Waals surface area contributed by atoms with Crippen LogP contribution in [-0.4, -0.2) is 75.4 Å². The van der Waals surface area contributed by atoms with Crippen molar-refractivity contribution >= 4 is 5.96 Å². The van der Waals surface area contributed by atoms with Crippen LogP contribution in [0.5, 0.6) is 5.75 Å². The molecule has 1 fully saturated rings. The van der Waals surface area contributed by atoms with Gasteiger partial charge in [0.15, 0.2) is 5.96 Å². The summed E-state index contributed by atoms with van der Waals surface area (Å²) in [6.07, 6.45) is 3.57. The molecule has 1 aliphatic heterocycles. The minimum absolute atomic E-state index is 0.398. The van der Waals surface area contributed by atoms with Crippen LogP contribution in [-0.2, 0) is 11.3 Å². The Hall–Kier alpha value is -1.79. The number of ether oxygens (including phenoxy) is 2. The van der Waals surface area contributed by atoms with Crippen LogP contribution in [0.15, 0.2) is 29.3 Å². The molecule has 0 unspecified atom stereocenters. The van der Waals surface area contributed by atoms with Crippen LogP contribution in [0.1, 0.15) is 38.7 Å². The lowest BCUT2D eigenvalue weighted by Gasteiger charge is -2.34. The lowest BCUT2D eigenvalue weighted by atomic mass is 10.1. The Bertz CT molecular complexity index is 566. The number of nitrogens with one attached hydrogen (secondary N) is 1. The Morgan fingerprint density at radius 1 is 1.18 bits per heavy atom. The van der Waals surface area contributed by atoms with Crippen LogP contribution in [0.2, 0.25) is 0 Å². The Morgan fingerprint density at radius 3 is 2.50 bits per heavy atom. The van der Waals surface area contributed by atoms with Gasteiger partial charge in [-0.2, -0.15) is 0 Å². The van der Waals surface area contributed by atoms with Gasteiger partial charge < -0.3 is 24.6 Å². The zero-order valence-electron chi connectivity index (χ0n) is 18.1. The molecule has 6 nitrogen and oxygen atoms in total. The van der Waals surface area contributed by atoms with Gasteiger partial charge in [0.25, 0.3) is 0 Å². The lowest BCUT2D eigenvalue weighted by molar-refractivity contribution is 0.0263. The molecule has 0 amide bonds. The van der Waals surface area contributed by atoms with E-state index in [0.29, 0.717) is 12.6 Å². The summed E-state index contributed by atoms with van der Waals surface area (Å²) in [7, 11) is 4.16. The zero-order chi connectivity index (χ0) is 20.2. The second-order valence-electron chi connectivity index (χ2n) is 7.46. The first-order valence-corrected chi connectivity index (χ1v) is 10.6. The number of aliphatic imine (C=N–C) groups is 1. The summed E-state index contributed by atoms with van der Waals surface area (Å²) in [5, 5.41) is 3.43. The van der Waals surface area contributed by atoms with E-state index in [0.717, 1.165) is 70.4 Å². The second kappa shape index (κ2) is 12.6. The fourth-order valence-corrected chi connectivity index (χ4v) is 3.32. The summed E-state index contributed by atoms with van der Waals surface area (Å²) >= 11 is 0. The molecule has 1 aliphatic rings. The van der Waals surface area contributed by atoms with E-state index in [4.69, 9.17) is 14.5 Å². The van der Waals surface area contributed by atoms with E-state index in [-0.39, 0.29) is 0 Å². The number of nitrogens with zero attached hydrogens (tertiary/aromatic N) is 3. The number of guanidine groups is 1. The second-order valence-corrected chi connectivity index (χ2v) is 7.46. The van der Waals surface area contributed by atoms with Crippen LogP contribution >= 0.6 is 0 Å². The molecular weight excluding hydrogens is 352 g/mol. The van der Waals surface area contributed by atoms with Crippen LogP contribution < -0.4 is 10.1 Å². The quantitative estimate of drug-likeness (QED) is 0.378. The van der Waals surface area contributed by atoms with Gasteiger partial charge in [-0.05, 0) is 64.9 Å². The fourth-order valence-electron chi connectivity index (χ4n) is 3.32. The zero-order valence-corrected chi connectivity index (χ0v) is 18.1. The third-order valence-corrected chi connectivity index (χ3v) is 4.83. The van der Waals surface area contributed by atoms with Gasteiger partial charge >= 0.3 is 0 Å². The number of piperidine rings is 1. The number of rotatable bonds is 10. The van der Waals surface area contributed by atoms with Gasteiger partial charge in [0.1, 0.15) is 5.75 Å². The van der Waals surface area contributed by atoms with Crippen molar-refractivity contribution < 1.29 is 9.47 Å². The first kappa shape index (κ1) is 22.5. The van der Waals surface area contributed by atoms with Crippen molar-refractivity contribution in [3.8, 4) is 5.75 Å². The Morgan fingerprint density at radius 2 is 1.89 bits per heavy atom. The molecule has 0 aliphatic carbocycles. The molecule has 0 atom stereocenters. The van der Waals surface area contributed by atoms with E-state index in [9.17, 15) is 0 Å². The minimum Gasteiger partial charge on any atom is -0.494 e. The molecule has 6 heteroatoms. The molecule has 0 radical (unpaired) electrons. The summed E-state index contributed by atoms with van der Waals surface area (Å²) in [5.41, 5.74) is 1.19. The predicted molar refractivity (Wildman–Crippen MR) is 116 cm³/mol. The molecule has 1 saturated heterocycles. The van der Waals surface area contributed by atoms with Crippen molar-refractivity contribution in [3.63, 3.8) is 0 Å². The van der Waals surface area contributed by atoms with E-state index < -0.39 is 0 Å². The van der Waals surface area contributed by atoms with Gasteiger partial charge in [-0.3, -0.25) is 0 Å². The van der Waals surface area contributed by atoms with E-state index in [1.165, 1.54) is 5.56 Å². The first-order chi connectivity index (χ1) is 13.6. The fraction of sp³-hybridized carbons (Fsp3) is 0.682. The van der Waals surface area contributed by atoms with Crippen LogP contribution in [0.3, 0.4) is 0 Å². The Balaban J connectivity index is 1.83. The molecule has 0 aromatic heterocycles. The van der Waals surface area contributed by atoms with Gasteiger partial charge in [-0.25, -0.2) is 4.99 Å². The van der Waals surface area contributed by atoms with Gasteiger partial charge in [0.05, 0.1) is 19.3 Å². The summed E-state index contributed by atoms with van der Waals surface area (Å²) in [6.45, 7) is 10.3. The average Bonchev–Trinajstić information content (AvgIpc) is 2.70. The Kier molecular flexibility index (Phi) is 10.1. The van der Waals surface area contributed by atoms with Crippen molar-refractivity contribution in [2.24, 2.45) is 4.99 Å². The summed E-state index contributed by atoms with van der Waals surface area (Å²) in [5.74, 6) is 1.93. The highest BCUT2D eigenvalue weighted by Gasteiger charge is 2.21. The van der Waals surface area contributed by atoms with Crippen molar-refractivity contribution in [1.29, 1.82) is 0 Å². The summed E-state index contributed by atoms with van der Waals surface area (Å²) in [4.78, 5) is 9.37. The molecule has 28 heavy (non-hydrogen) atoms. The maximum absolute atomic E-state index is 5.81. The van der Waals surface area contributed by atoms with Crippen molar-refractivity contribution in [3.05, 3.63) is 29.8 Å². The highest BCUT2D eigenvalue weighted by molar-refractivity contribution is 5.80. The predicted octanol–water partition coefficient (Wildman–Crippen LogP) is 2.98. The standard InChI is InChI=1S/C22H38N4O2/c1-5-23-22(26-15-12-21(13-16-26)27-6-2)24-18-19-8-10-20(11-9-19)28-17-7-14-25(3)4/h8-11,21H,5-7,12-18H2,1-4H3,(H,23,24). The molecule has 158 valence electrons. The molecule has 1 aromatic rings. The average molecular weight is 391 g/mol. The Labute approximate surface area is 170 Å². The summed E-state index contributed by atoms with van der Waals surface area (Å²) < 4.78 is 11.6. The molecule has 0 spiro atoms. The molecule has 2 rings (SSSR count). The van der Waals surface area contributed by atoms with Crippen molar-refractivity contribution in [2.75, 3.05) is 53.5 Å². The van der Waals surface area contributed by atoms with Gasteiger partial charge in [-0.15, -0.1) is 0 Å². The van der Waals surface area contributed by atoms with E-state index in [2.05, 4.69) is 55.2 Å². The van der Waals surface area contributed by atoms with Gasteiger partial charge in [0.2, 0.25) is 0 Å².